The van der Waals surface area contributed by atoms with E-state index >= 15 is 0 Å². The molecule has 0 aliphatic heterocycles. The number of hydrogen-bond acceptors (Lipinski definition) is 6. The first-order chi connectivity index (χ1) is 10.5. The highest BCUT2D eigenvalue weighted by Crippen LogP contribution is 2.21. The van der Waals surface area contributed by atoms with E-state index in [9.17, 15) is 13.2 Å². The molecule has 0 aromatic carbocycles. The van der Waals surface area contributed by atoms with Gasteiger partial charge < -0.3 is 5.32 Å². The van der Waals surface area contributed by atoms with Gasteiger partial charge in [0.05, 0.1) is 0 Å². The minimum absolute atomic E-state index is 0.128. The highest BCUT2D eigenvalue weighted by Gasteiger charge is 2.20. The highest BCUT2D eigenvalue weighted by molar-refractivity contribution is 7.91. The van der Waals surface area contributed by atoms with Gasteiger partial charge in [0.25, 0.3) is 10.0 Å². The van der Waals surface area contributed by atoms with Crippen LogP contribution in [0.1, 0.15) is 45.4 Å². The number of amides is 1. The van der Waals surface area contributed by atoms with Crippen LogP contribution >= 0.6 is 11.3 Å². The summed E-state index contributed by atoms with van der Waals surface area (Å²) in [5, 5.41) is 10.00. The molecule has 122 valence electrons. The van der Waals surface area contributed by atoms with Crippen LogP contribution in [0.15, 0.2) is 16.0 Å². The number of allylic oxidation sites excluding steroid dienone is 1. The number of sulfonamides is 1. The van der Waals surface area contributed by atoms with Gasteiger partial charge >= 0.3 is 0 Å². The Bertz CT molecular complexity index is 652. The number of nitrogens with zero attached hydrogens (tertiary/aromatic N) is 2. The standard InChI is InChI=1S/C13H20N4O3S2/c1-2-11(18)15-12-16-17-13(21-12)22(19,20)14-9-8-10-6-4-3-5-7-10/h6,14H,2-5,7-9H2,1H3,(H,15,16,18). The summed E-state index contributed by atoms with van der Waals surface area (Å²) in [6.45, 7) is 2.06. The van der Waals surface area contributed by atoms with Crippen molar-refractivity contribution < 1.29 is 13.2 Å². The van der Waals surface area contributed by atoms with E-state index in [1.807, 2.05) is 0 Å². The second-order valence-corrected chi connectivity index (χ2v) is 7.95. The van der Waals surface area contributed by atoms with E-state index in [-0.39, 0.29) is 15.4 Å². The summed E-state index contributed by atoms with van der Waals surface area (Å²) >= 11 is 0.850. The van der Waals surface area contributed by atoms with Gasteiger partial charge in [-0.1, -0.05) is 29.9 Å². The lowest BCUT2D eigenvalue weighted by atomic mass is 9.97. The van der Waals surface area contributed by atoms with E-state index in [1.165, 1.54) is 18.4 Å². The van der Waals surface area contributed by atoms with Crippen LogP contribution in [-0.4, -0.2) is 31.1 Å². The molecule has 0 unspecified atom stereocenters. The SMILES string of the molecule is CCC(=O)Nc1nnc(S(=O)(=O)NCCC2=CCCCC2)s1. The van der Waals surface area contributed by atoms with Gasteiger partial charge in [-0.25, -0.2) is 13.1 Å². The van der Waals surface area contributed by atoms with Crippen LogP contribution in [0.25, 0.3) is 0 Å². The van der Waals surface area contributed by atoms with Crippen molar-refractivity contribution in [2.45, 2.75) is 49.8 Å². The molecule has 1 aliphatic carbocycles. The molecule has 9 heteroatoms. The number of rotatable bonds is 7. The molecule has 0 fully saturated rings. The van der Waals surface area contributed by atoms with Crippen LogP contribution in [0.2, 0.25) is 0 Å². The predicted molar refractivity (Wildman–Crippen MR) is 85.2 cm³/mol. The smallest absolute Gasteiger partial charge is 0.269 e. The molecule has 0 spiro atoms. The number of hydrogen-bond donors (Lipinski definition) is 2. The molecule has 0 saturated heterocycles. The lowest BCUT2D eigenvalue weighted by molar-refractivity contribution is -0.115. The summed E-state index contributed by atoms with van der Waals surface area (Å²) in [5.74, 6) is -0.225. The fourth-order valence-electron chi connectivity index (χ4n) is 2.12. The minimum atomic E-state index is -3.67. The van der Waals surface area contributed by atoms with Crippen molar-refractivity contribution in [2.75, 3.05) is 11.9 Å². The number of carbonyl (C=O) groups is 1. The number of aromatic nitrogens is 2. The summed E-state index contributed by atoms with van der Waals surface area (Å²) in [4.78, 5) is 11.2. The Balaban J connectivity index is 1.89. The molecule has 0 bridgehead atoms. The van der Waals surface area contributed by atoms with Crippen LogP contribution in [0.5, 0.6) is 0 Å². The quantitative estimate of drug-likeness (QED) is 0.582. The third-order valence-corrected chi connectivity index (χ3v) is 5.99. The molecule has 0 radical (unpaired) electrons. The molecule has 1 aromatic rings. The second-order valence-electron chi connectivity index (χ2n) is 5.03. The Hall–Kier alpha value is -1.32. The van der Waals surface area contributed by atoms with E-state index in [2.05, 4.69) is 26.3 Å². The molecule has 2 rings (SSSR count). The lowest BCUT2D eigenvalue weighted by Gasteiger charge is -2.12. The lowest BCUT2D eigenvalue weighted by Crippen LogP contribution is -2.25. The summed E-state index contributed by atoms with van der Waals surface area (Å²) in [6.07, 6.45) is 7.74. The van der Waals surface area contributed by atoms with Gasteiger partial charge in [0, 0.05) is 13.0 Å². The summed E-state index contributed by atoms with van der Waals surface area (Å²) in [5.41, 5.74) is 1.31. The monoisotopic (exact) mass is 344 g/mol. The van der Waals surface area contributed by atoms with E-state index in [4.69, 9.17) is 0 Å². The molecule has 1 aliphatic rings. The molecule has 0 saturated carbocycles. The first-order valence-electron chi connectivity index (χ1n) is 7.32. The largest absolute Gasteiger partial charge is 0.301 e. The Labute approximate surface area is 134 Å². The molecule has 1 heterocycles. The third-order valence-electron chi connectivity index (χ3n) is 3.33. The zero-order valence-corrected chi connectivity index (χ0v) is 14.1. The molecular formula is C13H20N4O3S2. The Morgan fingerprint density at radius 1 is 1.36 bits per heavy atom. The van der Waals surface area contributed by atoms with E-state index in [0.717, 1.165) is 30.6 Å². The minimum Gasteiger partial charge on any atom is -0.301 e. The maximum Gasteiger partial charge on any atom is 0.269 e. The summed E-state index contributed by atoms with van der Waals surface area (Å²) in [7, 11) is -3.67. The highest BCUT2D eigenvalue weighted by atomic mass is 32.2. The van der Waals surface area contributed by atoms with E-state index in [0.29, 0.717) is 13.0 Å². The fraction of sp³-hybridized carbons (Fsp3) is 0.615. The van der Waals surface area contributed by atoms with Gasteiger partial charge in [-0.15, -0.1) is 10.2 Å². The molecule has 2 N–H and O–H groups in total. The summed E-state index contributed by atoms with van der Waals surface area (Å²) < 4.78 is 26.6. The number of nitrogens with one attached hydrogen (secondary N) is 2. The van der Waals surface area contributed by atoms with Gasteiger partial charge in [0.1, 0.15) is 0 Å². The first-order valence-corrected chi connectivity index (χ1v) is 9.62. The average Bonchev–Trinajstić information content (AvgIpc) is 2.97. The van der Waals surface area contributed by atoms with Gasteiger partial charge in [-0.05, 0) is 32.1 Å². The Morgan fingerprint density at radius 2 is 2.18 bits per heavy atom. The zero-order valence-electron chi connectivity index (χ0n) is 12.5. The van der Waals surface area contributed by atoms with Crippen LogP contribution in [0.4, 0.5) is 5.13 Å². The predicted octanol–water partition coefficient (Wildman–Crippen LogP) is 2.06. The zero-order chi connectivity index (χ0) is 16.0. The summed E-state index contributed by atoms with van der Waals surface area (Å²) in [6, 6.07) is 0. The normalized spacial score (nSPS) is 15.4. The van der Waals surface area contributed by atoms with Crippen molar-refractivity contribution in [1.82, 2.24) is 14.9 Å². The van der Waals surface area contributed by atoms with Crippen LogP contribution in [-0.2, 0) is 14.8 Å². The Kier molecular flexibility index (Phi) is 6.04. The van der Waals surface area contributed by atoms with Crippen molar-refractivity contribution in [1.29, 1.82) is 0 Å². The van der Waals surface area contributed by atoms with Gasteiger partial charge in [0.2, 0.25) is 15.4 Å². The first kappa shape index (κ1) is 17.0. The van der Waals surface area contributed by atoms with Crippen molar-refractivity contribution >= 4 is 32.4 Å². The molecular weight excluding hydrogens is 324 g/mol. The van der Waals surface area contributed by atoms with Crippen molar-refractivity contribution in [2.24, 2.45) is 0 Å². The van der Waals surface area contributed by atoms with Crippen LogP contribution in [0.3, 0.4) is 0 Å². The van der Waals surface area contributed by atoms with Gasteiger partial charge in [0.15, 0.2) is 0 Å². The van der Waals surface area contributed by atoms with Crippen LogP contribution in [0, 0.1) is 0 Å². The number of carbonyl (C=O) groups excluding carboxylic acids is 1. The van der Waals surface area contributed by atoms with Crippen LogP contribution < -0.4 is 10.0 Å². The topological polar surface area (TPSA) is 101 Å². The van der Waals surface area contributed by atoms with Gasteiger partial charge in [-0.2, -0.15) is 0 Å². The van der Waals surface area contributed by atoms with Crippen molar-refractivity contribution in [3.05, 3.63) is 11.6 Å². The fourth-order valence-corrected chi connectivity index (χ4v) is 4.10. The molecule has 7 nitrogen and oxygen atoms in total. The van der Waals surface area contributed by atoms with Gasteiger partial charge in [-0.3, -0.25) is 4.79 Å². The number of anilines is 1. The van der Waals surface area contributed by atoms with Crippen molar-refractivity contribution in [3.63, 3.8) is 0 Å². The van der Waals surface area contributed by atoms with E-state index in [1.54, 1.807) is 6.92 Å². The Morgan fingerprint density at radius 3 is 2.86 bits per heavy atom. The third kappa shape index (κ3) is 4.85. The average molecular weight is 344 g/mol. The molecule has 1 amide bonds. The molecule has 22 heavy (non-hydrogen) atoms. The molecule has 1 aromatic heterocycles. The molecule has 0 atom stereocenters. The van der Waals surface area contributed by atoms with Crippen molar-refractivity contribution in [3.8, 4) is 0 Å². The second kappa shape index (κ2) is 7.80. The van der Waals surface area contributed by atoms with E-state index < -0.39 is 10.0 Å². The maximum atomic E-state index is 12.1. The maximum absolute atomic E-state index is 12.1.